The molecule has 0 spiro atoms. The first-order chi connectivity index (χ1) is 30.9. The fraction of sp³-hybridized carbons (Fsp3) is 0.317. The van der Waals surface area contributed by atoms with Crippen molar-refractivity contribution in [3.05, 3.63) is 202 Å². The van der Waals surface area contributed by atoms with Gasteiger partial charge in [-0.25, -0.2) is 0 Å². The van der Waals surface area contributed by atoms with Crippen LogP contribution in [-0.2, 0) is 11.8 Å². The van der Waals surface area contributed by atoms with Gasteiger partial charge >= 0.3 is 0 Å². The lowest BCUT2D eigenvalue weighted by molar-refractivity contribution is 0.579. The van der Waals surface area contributed by atoms with E-state index in [2.05, 4.69) is 209 Å². The minimum absolute atomic E-state index is 0.0257. The van der Waals surface area contributed by atoms with Gasteiger partial charge in [0.15, 0.2) is 0 Å². The highest BCUT2D eigenvalue weighted by Gasteiger charge is 2.30. The van der Waals surface area contributed by atoms with Crippen molar-refractivity contribution >= 4 is 17.0 Å². The maximum atomic E-state index is 5.42. The summed E-state index contributed by atoms with van der Waals surface area (Å²) in [6, 6.07) is 36.9. The summed E-state index contributed by atoms with van der Waals surface area (Å²) in [5.41, 5.74) is 25.2. The molecule has 2 aliphatic rings. The van der Waals surface area contributed by atoms with Crippen LogP contribution in [0.15, 0.2) is 168 Å². The standard InChI is InChI=1S/C63H71N/c1-12-15-29-53(42(4)5)58-41-49(36-35-47(58)23-13-2)48-25-20-26-50(39-48)55-30-17-19-34-61(55)64-52-28-21-27-51(40-52)56-31-22-32-57(62(56)43(6)14-3)54-37-38-60(46(9)45(54)8)63(10,11)59-33-18-16-24-44(59)7/h12,16-17,19-22,24-28,30-32,34-41,43,55H,1,13-15,18,23,29,33H2,2-11H3. The van der Waals surface area contributed by atoms with Crippen molar-refractivity contribution < 1.29 is 0 Å². The van der Waals surface area contributed by atoms with Crippen LogP contribution in [0.25, 0.3) is 39.0 Å². The predicted molar refractivity (Wildman–Crippen MR) is 281 cm³/mol. The molecule has 5 aromatic rings. The number of hydrogen-bond acceptors (Lipinski definition) is 1. The van der Waals surface area contributed by atoms with E-state index >= 15 is 0 Å². The zero-order chi connectivity index (χ0) is 45.5. The van der Waals surface area contributed by atoms with Gasteiger partial charge in [-0.05, 0) is 181 Å². The molecule has 0 fully saturated rings. The van der Waals surface area contributed by atoms with Crippen LogP contribution in [-0.4, -0.2) is 5.71 Å². The quantitative estimate of drug-likeness (QED) is 0.0931. The number of aliphatic imine (C=N–C) groups is 1. The van der Waals surface area contributed by atoms with E-state index in [-0.39, 0.29) is 11.3 Å². The lowest BCUT2D eigenvalue weighted by Gasteiger charge is -2.34. The average Bonchev–Trinajstić information content (AvgIpc) is 3.30. The van der Waals surface area contributed by atoms with Gasteiger partial charge in [0.25, 0.3) is 0 Å². The molecule has 0 saturated carbocycles. The Morgan fingerprint density at radius 2 is 1.55 bits per heavy atom. The highest BCUT2D eigenvalue weighted by atomic mass is 14.7. The van der Waals surface area contributed by atoms with E-state index in [9.17, 15) is 0 Å². The van der Waals surface area contributed by atoms with Gasteiger partial charge in [-0.2, -0.15) is 0 Å². The van der Waals surface area contributed by atoms with Crippen molar-refractivity contribution in [2.75, 3.05) is 0 Å². The maximum absolute atomic E-state index is 5.42. The van der Waals surface area contributed by atoms with Gasteiger partial charge in [0, 0.05) is 11.3 Å². The second-order valence-corrected chi connectivity index (χ2v) is 19.1. The molecular weight excluding hydrogens is 771 g/mol. The molecule has 1 heteroatoms. The number of benzene rings is 5. The Morgan fingerprint density at radius 3 is 2.30 bits per heavy atom. The minimum Gasteiger partial charge on any atom is -0.252 e. The molecule has 2 aliphatic carbocycles. The third-order valence-electron chi connectivity index (χ3n) is 14.3. The summed E-state index contributed by atoms with van der Waals surface area (Å²) in [7, 11) is 0. The SMILES string of the molecule is C=CCCC(=C(C)C)c1cc(-c2cccc(C3C=CC=CC3=Nc3cccc(-c4cccc(-c5ccc(C(C)(C)C6=C(C)C=CCC6)c(C)c5C)c4C(C)CC)c3)c2)ccc1CCC. The molecule has 5 aromatic carbocycles. The van der Waals surface area contributed by atoms with Crippen LogP contribution in [0.3, 0.4) is 0 Å². The van der Waals surface area contributed by atoms with Crippen LogP contribution in [0, 0.1) is 13.8 Å². The van der Waals surface area contributed by atoms with Crippen LogP contribution in [0.1, 0.15) is 145 Å². The van der Waals surface area contributed by atoms with E-state index in [4.69, 9.17) is 4.99 Å². The van der Waals surface area contributed by atoms with Gasteiger partial charge < -0.3 is 0 Å². The van der Waals surface area contributed by atoms with E-state index in [0.29, 0.717) is 5.92 Å². The van der Waals surface area contributed by atoms with E-state index < -0.39 is 0 Å². The highest BCUT2D eigenvalue weighted by Crippen LogP contribution is 2.45. The van der Waals surface area contributed by atoms with Gasteiger partial charge in [0.1, 0.15) is 0 Å². The van der Waals surface area contributed by atoms with Gasteiger partial charge in [0.2, 0.25) is 0 Å². The maximum Gasteiger partial charge on any atom is 0.0639 e. The van der Waals surface area contributed by atoms with E-state index in [1.807, 2.05) is 6.08 Å². The molecule has 0 amide bonds. The molecule has 0 radical (unpaired) electrons. The van der Waals surface area contributed by atoms with Gasteiger partial charge in [-0.1, -0.05) is 173 Å². The molecule has 0 aromatic heterocycles. The molecule has 7 rings (SSSR count). The molecule has 0 bridgehead atoms. The lowest BCUT2D eigenvalue weighted by Crippen LogP contribution is -2.24. The van der Waals surface area contributed by atoms with Crippen molar-refractivity contribution in [1.29, 1.82) is 0 Å². The lowest BCUT2D eigenvalue weighted by atomic mass is 9.70. The Balaban J connectivity index is 1.24. The fourth-order valence-electron chi connectivity index (χ4n) is 10.5. The van der Waals surface area contributed by atoms with Gasteiger partial charge in [-0.15, -0.1) is 6.58 Å². The van der Waals surface area contributed by atoms with E-state index in [1.54, 1.807) is 5.57 Å². The number of aryl methyl sites for hydroxylation is 1. The largest absolute Gasteiger partial charge is 0.252 e. The average molecular weight is 842 g/mol. The van der Waals surface area contributed by atoms with Crippen molar-refractivity contribution in [3.63, 3.8) is 0 Å². The summed E-state index contributed by atoms with van der Waals surface area (Å²) in [5.74, 6) is 0.419. The van der Waals surface area contributed by atoms with Crippen LogP contribution < -0.4 is 0 Å². The first-order valence-corrected chi connectivity index (χ1v) is 24.0. The van der Waals surface area contributed by atoms with Gasteiger partial charge in [0.05, 0.1) is 11.4 Å². The van der Waals surface area contributed by atoms with Crippen molar-refractivity contribution in [2.24, 2.45) is 4.99 Å². The summed E-state index contributed by atoms with van der Waals surface area (Å²) >= 11 is 0. The molecule has 0 aliphatic heterocycles. The predicted octanol–water partition coefficient (Wildman–Crippen LogP) is 18.5. The first kappa shape index (κ1) is 46.2. The Hall–Kier alpha value is -5.79. The molecule has 0 heterocycles. The van der Waals surface area contributed by atoms with Crippen LogP contribution >= 0.6 is 0 Å². The molecule has 1 nitrogen and oxygen atoms in total. The Bertz CT molecular complexity index is 2710. The number of hydrogen-bond donors (Lipinski definition) is 0. The van der Waals surface area contributed by atoms with Crippen LogP contribution in [0.5, 0.6) is 0 Å². The number of allylic oxidation sites excluding steroid dienone is 11. The Kier molecular flexibility index (Phi) is 14.7. The van der Waals surface area contributed by atoms with Crippen molar-refractivity contribution in [2.45, 2.75) is 131 Å². The normalized spacial score (nSPS) is 16.1. The molecule has 2 atom stereocenters. The summed E-state index contributed by atoms with van der Waals surface area (Å²) in [6.45, 7) is 27.3. The second kappa shape index (κ2) is 20.4. The molecule has 0 N–H and O–H groups in total. The Morgan fingerprint density at radius 1 is 0.797 bits per heavy atom. The van der Waals surface area contributed by atoms with Crippen LogP contribution in [0.2, 0.25) is 0 Å². The molecule has 64 heavy (non-hydrogen) atoms. The third-order valence-corrected chi connectivity index (χ3v) is 14.3. The van der Waals surface area contributed by atoms with Gasteiger partial charge in [-0.3, -0.25) is 4.99 Å². The van der Waals surface area contributed by atoms with Crippen LogP contribution in [0.4, 0.5) is 5.69 Å². The molecule has 2 unspecified atom stereocenters. The summed E-state index contributed by atoms with van der Waals surface area (Å²) in [5, 5.41) is 0. The molecular formula is C63H71N. The summed E-state index contributed by atoms with van der Waals surface area (Å²) in [4.78, 5) is 5.42. The third kappa shape index (κ3) is 9.66. The monoisotopic (exact) mass is 842 g/mol. The zero-order valence-electron chi connectivity index (χ0n) is 40.5. The fourth-order valence-corrected chi connectivity index (χ4v) is 10.5. The topological polar surface area (TPSA) is 12.4 Å². The van der Waals surface area contributed by atoms with Crippen molar-refractivity contribution in [3.8, 4) is 33.4 Å². The van der Waals surface area contributed by atoms with E-state index in [0.717, 1.165) is 56.3 Å². The first-order valence-electron chi connectivity index (χ1n) is 24.0. The number of rotatable bonds is 15. The van der Waals surface area contributed by atoms with Crippen molar-refractivity contribution in [1.82, 2.24) is 0 Å². The minimum atomic E-state index is -0.0257. The second-order valence-electron chi connectivity index (χ2n) is 19.1. The number of nitrogens with zero attached hydrogens (tertiary/aromatic N) is 1. The van der Waals surface area contributed by atoms with E-state index in [1.165, 1.54) is 89.0 Å². The summed E-state index contributed by atoms with van der Waals surface area (Å²) in [6.07, 6.45) is 22.9. The summed E-state index contributed by atoms with van der Waals surface area (Å²) < 4.78 is 0. The zero-order valence-corrected chi connectivity index (χ0v) is 40.5. The smallest absolute Gasteiger partial charge is 0.0639 e. The highest BCUT2D eigenvalue weighted by molar-refractivity contribution is 6.04. The molecule has 0 saturated heterocycles. The molecule has 328 valence electrons. The Labute approximate surface area is 386 Å².